The Morgan fingerprint density at radius 1 is 1.71 bits per heavy atom. The van der Waals surface area contributed by atoms with Crippen LogP contribution < -0.4 is 4.74 Å². The van der Waals surface area contributed by atoms with Crippen molar-refractivity contribution in [3.63, 3.8) is 0 Å². The van der Waals surface area contributed by atoms with Crippen LogP contribution in [0.1, 0.15) is 29.8 Å². The van der Waals surface area contributed by atoms with Crippen molar-refractivity contribution in [2.45, 2.75) is 19.3 Å². The zero-order valence-electron chi connectivity index (χ0n) is 7.60. The van der Waals surface area contributed by atoms with Gasteiger partial charge in [0.05, 0.1) is 6.61 Å². The summed E-state index contributed by atoms with van der Waals surface area (Å²) in [5.74, 6) is -0.324. The summed E-state index contributed by atoms with van der Waals surface area (Å²) in [5.41, 5.74) is -0.119. The van der Waals surface area contributed by atoms with Crippen LogP contribution in [0.5, 0.6) is 6.08 Å². The van der Waals surface area contributed by atoms with Crippen LogP contribution in [0.3, 0.4) is 0 Å². The molecule has 0 spiro atoms. The molecule has 1 aliphatic rings. The summed E-state index contributed by atoms with van der Waals surface area (Å²) in [6.07, 6.45) is 4.66. The lowest BCUT2D eigenvalue weighted by Gasteiger charge is -1.98. The average molecular weight is 197 g/mol. The lowest BCUT2D eigenvalue weighted by molar-refractivity contribution is 0.0690. The Kier molecular flexibility index (Phi) is 2.39. The van der Waals surface area contributed by atoms with Crippen LogP contribution in [0.2, 0.25) is 0 Å². The van der Waals surface area contributed by atoms with Gasteiger partial charge in [0.15, 0.2) is 5.69 Å². The van der Waals surface area contributed by atoms with Crippen molar-refractivity contribution in [3.8, 4) is 6.08 Å². The van der Waals surface area contributed by atoms with Gasteiger partial charge in [0.25, 0.3) is 0 Å². The molecule has 5 nitrogen and oxygen atoms in total. The minimum absolute atomic E-state index is 0.0445. The third-order valence-electron chi connectivity index (χ3n) is 2.15. The van der Waals surface area contributed by atoms with Crippen molar-refractivity contribution >= 4 is 5.97 Å². The fourth-order valence-corrected chi connectivity index (χ4v) is 1.14. The van der Waals surface area contributed by atoms with Gasteiger partial charge >= 0.3 is 12.0 Å². The minimum Gasteiger partial charge on any atom is -0.476 e. The van der Waals surface area contributed by atoms with Crippen LogP contribution in [-0.4, -0.2) is 22.7 Å². The topological polar surface area (TPSA) is 72.6 Å². The standard InChI is InChI=1S/C9H11NO4/c11-8(12)7-5-14-9(10-7)13-4-3-6-1-2-6/h5-6H,1-4H2,(H,11,12). The predicted molar refractivity (Wildman–Crippen MR) is 46.3 cm³/mol. The first-order valence-corrected chi connectivity index (χ1v) is 4.57. The van der Waals surface area contributed by atoms with Gasteiger partial charge in [-0.3, -0.25) is 0 Å². The highest BCUT2D eigenvalue weighted by molar-refractivity contribution is 5.84. The molecular weight excluding hydrogens is 186 g/mol. The number of aromatic nitrogens is 1. The van der Waals surface area contributed by atoms with Gasteiger partial charge in [-0.25, -0.2) is 4.79 Å². The number of ether oxygens (including phenoxy) is 1. The molecule has 1 fully saturated rings. The van der Waals surface area contributed by atoms with E-state index in [4.69, 9.17) is 14.3 Å². The van der Waals surface area contributed by atoms with E-state index < -0.39 is 5.97 Å². The Bertz CT molecular complexity index is 329. The van der Waals surface area contributed by atoms with Crippen molar-refractivity contribution in [1.82, 2.24) is 4.98 Å². The van der Waals surface area contributed by atoms with E-state index in [1.807, 2.05) is 0 Å². The van der Waals surface area contributed by atoms with Crippen LogP contribution in [0, 0.1) is 5.92 Å². The van der Waals surface area contributed by atoms with Gasteiger partial charge in [-0.05, 0) is 12.3 Å². The van der Waals surface area contributed by atoms with Crippen molar-refractivity contribution in [1.29, 1.82) is 0 Å². The fraction of sp³-hybridized carbons (Fsp3) is 0.556. The van der Waals surface area contributed by atoms with Gasteiger partial charge < -0.3 is 14.3 Å². The number of hydrogen-bond donors (Lipinski definition) is 1. The molecule has 0 saturated heterocycles. The molecule has 5 heteroatoms. The molecular formula is C9H11NO4. The summed E-state index contributed by atoms with van der Waals surface area (Å²) in [4.78, 5) is 14.1. The van der Waals surface area contributed by atoms with Crippen LogP contribution in [0.15, 0.2) is 10.7 Å². The van der Waals surface area contributed by atoms with Gasteiger partial charge in [-0.2, -0.15) is 4.98 Å². The molecule has 0 radical (unpaired) electrons. The second-order valence-electron chi connectivity index (χ2n) is 3.38. The van der Waals surface area contributed by atoms with Crippen LogP contribution >= 0.6 is 0 Å². The number of carboxylic acid groups (broad SMARTS) is 1. The summed E-state index contributed by atoms with van der Waals surface area (Å²) in [7, 11) is 0. The first-order chi connectivity index (χ1) is 6.75. The Morgan fingerprint density at radius 2 is 2.50 bits per heavy atom. The normalized spacial score (nSPS) is 15.4. The quantitative estimate of drug-likeness (QED) is 0.775. The molecule has 1 saturated carbocycles. The molecule has 0 unspecified atom stereocenters. The van der Waals surface area contributed by atoms with Crippen molar-refractivity contribution in [3.05, 3.63) is 12.0 Å². The summed E-state index contributed by atoms with van der Waals surface area (Å²) in [6, 6.07) is 0. The van der Waals surface area contributed by atoms with E-state index >= 15 is 0 Å². The zero-order chi connectivity index (χ0) is 9.97. The smallest absolute Gasteiger partial charge is 0.394 e. The van der Waals surface area contributed by atoms with E-state index in [-0.39, 0.29) is 11.8 Å². The molecule has 14 heavy (non-hydrogen) atoms. The van der Waals surface area contributed by atoms with E-state index in [1.165, 1.54) is 12.8 Å². The number of aromatic carboxylic acids is 1. The van der Waals surface area contributed by atoms with E-state index in [9.17, 15) is 4.79 Å². The number of oxazole rings is 1. The molecule has 1 N–H and O–H groups in total. The molecule has 0 aromatic carbocycles. The van der Waals surface area contributed by atoms with E-state index in [1.54, 1.807) is 0 Å². The Hall–Kier alpha value is -1.52. The number of carboxylic acids is 1. The molecule has 0 bridgehead atoms. The molecule has 1 aromatic rings. The molecule has 0 aliphatic heterocycles. The van der Waals surface area contributed by atoms with E-state index in [2.05, 4.69) is 4.98 Å². The second-order valence-corrected chi connectivity index (χ2v) is 3.38. The average Bonchev–Trinajstić information content (AvgIpc) is 2.82. The molecule has 2 rings (SSSR count). The lowest BCUT2D eigenvalue weighted by Crippen LogP contribution is -2.00. The highest BCUT2D eigenvalue weighted by Gasteiger charge is 2.21. The summed E-state index contributed by atoms with van der Waals surface area (Å²) < 4.78 is 9.96. The third kappa shape index (κ3) is 2.25. The number of carbonyl (C=O) groups is 1. The summed E-state index contributed by atoms with van der Waals surface area (Å²) in [5, 5.41) is 8.54. The first-order valence-electron chi connectivity index (χ1n) is 4.57. The molecule has 76 valence electrons. The van der Waals surface area contributed by atoms with Gasteiger partial charge in [-0.15, -0.1) is 0 Å². The molecule has 1 aromatic heterocycles. The van der Waals surface area contributed by atoms with Crippen molar-refractivity contribution in [2.24, 2.45) is 5.92 Å². The highest BCUT2D eigenvalue weighted by Crippen LogP contribution is 2.32. The number of hydrogen-bond acceptors (Lipinski definition) is 4. The Morgan fingerprint density at radius 3 is 3.07 bits per heavy atom. The summed E-state index contributed by atoms with van der Waals surface area (Å²) >= 11 is 0. The van der Waals surface area contributed by atoms with Crippen LogP contribution in [-0.2, 0) is 0 Å². The first kappa shape index (κ1) is 9.05. The predicted octanol–water partition coefficient (Wildman–Crippen LogP) is 1.55. The van der Waals surface area contributed by atoms with Crippen molar-refractivity contribution < 1.29 is 19.1 Å². The zero-order valence-corrected chi connectivity index (χ0v) is 7.60. The largest absolute Gasteiger partial charge is 0.476 e. The minimum atomic E-state index is -1.11. The van der Waals surface area contributed by atoms with E-state index in [0.29, 0.717) is 6.61 Å². The van der Waals surface area contributed by atoms with Crippen LogP contribution in [0.4, 0.5) is 0 Å². The molecule has 1 aliphatic carbocycles. The Labute approximate surface area is 80.7 Å². The monoisotopic (exact) mass is 197 g/mol. The third-order valence-corrected chi connectivity index (χ3v) is 2.15. The maximum absolute atomic E-state index is 10.4. The highest BCUT2D eigenvalue weighted by atomic mass is 16.6. The van der Waals surface area contributed by atoms with Gasteiger partial charge in [0.2, 0.25) is 0 Å². The molecule has 0 atom stereocenters. The molecule has 1 heterocycles. The van der Waals surface area contributed by atoms with Gasteiger partial charge in [0.1, 0.15) is 6.26 Å². The maximum atomic E-state index is 10.4. The van der Waals surface area contributed by atoms with Gasteiger partial charge in [0, 0.05) is 0 Å². The SMILES string of the molecule is O=C(O)c1coc(OCCC2CC2)n1. The number of nitrogens with zero attached hydrogens (tertiary/aromatic N) is 1. The second kappa shape index (κ2) is 3.69. The van der Waals surface area contributed by atoms with Crippen LogP contribution in [0.25, 0.3) is 0 Å². The lowest BCUT2D eigenvalue weighted by atomic mass is 10.3. The van der Waals surface area contributed by atoms with Crippen molar-refractivity contribution in [2.75, 3.05) is 6.61 Å². The molecule has 0 amide bonds. The number of rotatable bonds is 5. The van der Waals surface area contributed by atoms with E-state index in [0.717, 1.165) is 18.6 Å². The fourth-order valence-electron chi connectivity index (χ4n) is 1.14. The van der Waals surface area contributed by atoms with Gasteiger partial charge in [-0.1, -0.05) is 12.8 Å². The Balaban J connectivity index is 1.79. The summed E-state index contributed by atoms with van der Waals surface area (Å²) in [6.45, 7) is 0.546. The maximum Gasteiger partial charge on any atom is 0.394 e.